The largest absolute Gasteiger partial charge is 0.399 e. The summed E-state index contributed by atoms with van der Waals surface area (Å²) in [5.41, 5.74) is 11.6. The third kappa shape index (κ3) is 2.21. The molecular formula is C18H17N3. The summed E-state index contributed by atoms with van der Waals surface area (Å²) in [6.07, 6.45) is 4.03. The van der Waals surface area contributed by atoms with Crippen LogP contribution < -0.4 is 11.1 Å². The van der Waals surface area contributed by atoms with Gasteiger partial charge in [-0.05, 0) is 60.4 Å². The molecule has 3 heteroatoms. The van der Waals surface area contributed by atoms with Crippen molar-refractivity contribution in [2.45, 2.75) is 18.9 Å². The molecule has 0 aliphatic heterocycles. The zero-order chi connectivity index (χ0) is 14.2. The Kier molecular flexibility index (Phi) is 2.78. The van der Waals surface area contributed by atoms with Crippen LogP contribution in [0, 0.1) is 0 Å². The van der Waals surface area contributed by atoms with Crippen molar-refractivity contribution < 1.29 is 0 Å². The number of nitrogens with two attached hydrogens (primary N) is 1. The molecule has 0 spiro atoms. The van der Waals surface area contributed by atoms with Crippen LogP contribution in [0.25, 0.3) is 10.9 Å². The quantitative estimate of drug-likeness (QED) is 0.697. The Morgan fingerprint density at radius 2 is 2.05 bits per heavy atom. The molecular weight excluding hydrogens is 258 g/mol. The minimum atomic E-state index is 0.370. The van der Waals surface area contributed by atoms with E-state index in [0.717, 1.165) is 35.1 Å². The van der Waals surface area contributed by atoms with E-state index >= 15 is 0 Å². The molecule has 1 aliphatic rings. The number of benzene rings is 2. The number of nitrogens with zero attached hydrogens (tertiary/aromatic N) is 1. The van der Waals surface area contributed by atoms with Crippen molar-refractivity contribution in [2.24, 2.45) is 0 Å². The van der Waals surface area contributed by atoms with Crippen molar-refractivity contribution in [1.82, 2.24) is 4.98 Å². The zero-order valence-electron chi connectivity index (χ0n) is 11.7. The molecule has 1 atom stereocenters. The molecule has 104 valence electrons. The van der Waals surface area contributed by atoms with Crippen LogP contribution in [0.2, 0.25) is 0 Å². The Bertz CT molecular complexity index is 810. The number of aryl methyl sites for hydroxylation is 1. The lowest BCUT2D eigenvalue weighted by Crippen LogP contribution is -2.07. The Hall–Kier alpha value is -2.55. The zero-order valence-corrected chi connectivity index (χ0v) is 11.7. The topological polar surface area (TPSA) is 50.9 Å². The van der Waals surface area contributed by atoms with Gasteiger partial charge in [0.05, 0.1) is 11.6 Å². The lowest BCUT2D eigenvalue weighted by Gasteiger charge is -2.16. The van der Waals surface area contributed by atoms with E-state index in [4.69, 9.17) is 5.73 Å². The molecule has 1 aromatic heterocycles. The van der Waals surface area contributed by atoms with Gasteiger partial charge in [-0.1, -0.05) is 12.1 Å². The number of hydrogen-bond acceptors (Lipinski definition) is 3. The number of pyridine rings is 1. The molecule has 0 saturated heterocycles. The van der Waals surface area contributed by atoms with Gasteiger partial charge in [0, 0.05) is 23.0 Å². The predicted octanol–water partition coefficient (Wildman–Crippen LogP) is 3.92. The molecule has 3 nitrogen and oxygen atoms in total. The summed E-state index contributed by atoms with van der Waals surface area (Å²) < 4.78 is 0. The molecule has 1 heterocycles. The number of nitrogen functional groups attached to an aromatic ring is 1. The van der Waals surface area contributed by atoms with Crippen LogP contribution in [0.3, 0.4) is 0 Å². The van der Waals surface area contributed by atoms with E-state index in [9.17, 15) is 0 Å². The Labute approximate surface area is 123 Å². The van der Waals surface area contributed by atoms with Gasteiger partial charge in [-0.25, -0.2) is 0 Å². The first-order valence-electron chi connectivity index (χ1n) is 7.29. The Balaban J connectivity index is 1.64. The summed E-state index contributed by atoms with van der Waals surface area (Å²) in [6, 6.07) is 17.0. The highest BCUT2D eigenvalue weighted by Crippen LogP contribution is 2.35. The summed E-state index contributed by atoms with van der Waals surface area (Å²) in [6.45, 7) is 0. The van der Waals surface area contributed by atoms with Crippen molar-refractivity contribution in [3.63, 3.8) is 0 Å². The average Bonchev–Trinajstić information content (AvgIpc) is 2.89. The highest BCUT2D eigenvalue weighted by molar-refractivity contribution is 5.82. The first-order chi connectivity index (χ1) is 10.3. The number of hydrogen-bond donors (Lipinski definition) is 2. The van der Waals surface area contributed by atoms with Gasteiger partial charge in [0.15, 0.2) is 0 Å². The fourth-order valence-electron chi connectivity index (χ4n) is 3.15. The second-order valence-corrected chi connectivity index (χ2v) is 5.60. The maximum Gasteiger partial charge on any atom is 0.0703 e. The van der Waals surface area contributed by atoms with Crippen LogP contribution in [0.15, 0.2) is 54.7 Å². The molecule has 0 radical (unpaired) electrons. The van der Waals surface area contributed by atoms with Crippen LogP contribution in [0.4, 0.5) is 11.4 Å². The summed E-state index contributed by atoms with van der Waals surface area (Å²) in [7, 11) is 0. The summed E-state index contributed by atoms with van der Waals surface area (Å²) in [5.74, 6) is 0. The molecule has 0 amide bonds. The summed E-state index contributed by atoms with van der Waals surface area (Å²) in [4.78, 5) is 4.36. The SMILES string of the molecule is Nc1ccc2c(c1)CCC2Nc1ccc2ncccc2c1. The van der Waals surface area contributed by atoms with Crippen molar-refractivity contribution in [1.29, 1.82) is 0 Å². The van der Waals surface area contributed by atoms with Crippen LogP contribution in [0.5, 0.6) is 0 Å². The van der Waals surface area contributed by atoms with Crippen molar-refractivity contribution in [3.8, 4) is 0 Å². The van der Waals surface area contributed by atoms with Gasteiger partial charge in [-0.15, -0.1) is 0 Å². The molecule has 1 aliphatic carbocycles. The van der Waals surface area contributed by atoms with Gasteiger partial charge >= 0.3 is 0 Å². The monoisotopic (exact) mass is 275 g/mol. The molecule has 21 heavy (non-hydrogen) atoms. The normalized spacial score (nSPS) is 16.9. The molecule has 4 rings (SSSR count). The van der Waals surface area contributed by atoms with Gasteiger partial charge in [0.2, 0.25) is 0 Å². The number of aromatic nitrogens is 1. The highest BCUT2D eigenvalue weighted by atomic mass is 14.9. The Morgan fingerprint density at radius 1 is 1.10 bits per heavy atom. The smallest absolute Gasteiger partial charge is 0.0703 e. The molecule has 3 N–H and O–H groups in total. The van der Waals surface area contributed by atoms with Gasteiger partial charge in [-0.2, -0.15) is 0 Å². The second-order valence-electron chi connectivity index (χ2n) is 5.60. The fraction of sp³-hybridized carbons (Fsp3) is 0.167. The number of nitrogens with one attached hydrogen (secondary N) is 1. The van der Waals surface area contributed by atoms with E-state index < -0.39 is 0 Å². The maximum atomic E-state index is 5.86. The van der Waals surface area contributed by atoms with E-state index in [-0.39, 0.29) is 0 Å². The molecule has 0 fully saturated rings. The lowest BCUT2D eigenvalue weighted by atomic mass is 10.1. The second kappa shape index (κ2) is 4.77. The summed E-state index contributed by atoms with van der Waals surface area (Å²) >= 11 is 0. The first-order valence-corrected chi connectivity index (χ1v) is 7.29. The predicted molar refractivity (Wildman–Crippen MR) is 87.3 cm³/mol. The van der Waals surface area contributed by atoms with Crippen LogP contribution >= 0.6 is 0 Å². The van der Waals surface area contributed by atoms with Gasteiger partial charge in [-0.3, -0.25) is 4.98 Å². The van der Waals surface area contributed by atoms with Crippen molar-refractivity contribution in [2.75, 3.05) is 11.1 Å². The van der Waals surface area contributed by atoms with Crippen molar-refractivity contribution in [3.05, 3.63) is 65.9 Å². The molecule has 2 aromatic carbocycles. The summed E-state index contributed by atoms with van der Waals surface area (Å²) in [5, 5.41) is 4.80. The Morgan fingerprint density at radius 3 is 3.00 bits per heavy atom. The minimum Gasteiger partial charge on any atom is -0.399 e. The van der Waals surface area contributed by atoms with Crippen molar-refractivity contribution >= 4 is 22.3 Å². The van der Waals surface area contributed by atoms with Crippen LogP contribution in [-0.4, -0.2) is 4.98 Å². The molecule has 1 unspecified atom stereocenters. The average molecular weight is 275 g/mol. The number of rotatable bonds is 2. The van der Waals surface area contributed by atoms with Crippen LogP contribution in [0.1, 0.15) is 23.6 Å². The minimum absolute atomic E-state index is 0.370. The van der Waals surface area contributed by atoms with E-state index in [2.05, 4.69) is 46.7 Å². The van der Waals surface area contributed by atoms with E-state index in [1.807, 2.05) is 18.3 Å². The third-order valence-corrected chi connectivity index (χ3v) is 4.19. The van der Waals surface area contributed by atoms with Gasteiger partial charge in [0.1, 0.15) is 0 Å². The van der Waals surface area contributed by atoms with E-state index in [1.165, 1.54) is 11.1 Å². The number of anilines is 2. The van der Waals surface area contributed by atoms with Gasteiger partial charge < -0.3 is 11.1 Å². The van der Waals surface area contributed by atoms with E-state index in [0.29, 0.717) is 6.04 Å². The first kappa shape index (κ1) is 12.2. The van der Waals surface area contributed by atoms with Crippen LogP contribution in [-0.2, 0) is 6.42 Å². The lowest BCUT2D eigenvalue weighted by molar-refractivity contribution is 0.762. The maximum absolute atomic E-state index is 5.86. The third-order valence-electron chi connectivity index (χ3n) is 4.19. The standard InChI is InChI=1S/C18H17N3/c19-14-4-6-16-12(10-14)3-7-18(16)21-15-5-8-17-13(11-15)2-1-9-20-17/h1-2,4-6,8-11,18,21H,3,7,19H2. The fourth-order valence-corrected chi connectivity index (χ4v) is 3.15. The highest BCUT2D eigenvalue weighted by Gasteiger charge is 2.22. The molecule has 0 bridgehead atoms. The molecule has 0 saturated carbocycles. The van der Waals surface area contributed by atoms with Gasteiger partial charge in [0.25, 0.3) is 0 Å². The molecule has 3 aromatic rings. The van der Waals surface area contributed by atoms with E-state index in [1.54, 1.807) is 0 Å². The number of fused-ring (bicyclic) bond motifs is 2.